The van der Waals surface area contributed by atoms with Crippen molar-refractivity contribution < 1.29 is 0 Å². The second-order valence-electron chi connectivity index (χ2n) is 17.9. The number of benzene rings is 11. The first kappa shape index (κ1) is 37.6. The van der Waals surface area contributed by atoms with E-state index in [9.17, 15) is 0 Å². The highest BCUT2D eigenvalue weighted by Gasteiger charge is 2.51. The van der Waals surface area contributed by atoms with Crippen LogP contribution in [0.4, 0.5) is 17.1 Å². The number of nitrogens with zero attached hydrogens (tertiary/aromatic N) is 2. The molecule has 14 rings (SSSR count). The van der Waals surface area contributed by atoms with Crippen LogP contribution in [0.15, 0.2) is 255 Å². The van der Waals surface area contributed by atoms with Gasteiger partial charge in [-0.1, -0.05) is 206 Å². The fraction of sp³-hybridized carbons (Fsp3) is 0.0154. The van der Waals surface area contributed by atoms with Crippen molar-refractivity contribution in [1.82, 2.24) is 4.57 Å². The van der Waals surface area contributed by atoms with Crippen LogP contribution < -0.4 is 4.90 Å². The molecule has 0 N–H and O–H groups in total. The molecule has 2 aliphatic rings. The Kier molecular flexibility index (Phi) is 8.23. The van der Waals surface area contributed by atoms with Crippen LogP contribution in [0.2, 0.25) is 0 Å². The highest BCUT2D eigenvalue weighted by Crippen LogP contribution is 2.63. The zero-order valence-corrected chi connectivity index (χ0v) is 36.6. The monoisotopic (exact) mass is 850 g/mol. The summed E-state index contributed by atoms with van der Waals surface area (Å²) in [6.07, 6.45) is 0. The summed E-state index contributed by atoms with van der Waals surface area (Å²) in [7, 11) is 0. The molecule has 1 aromatic heterocycles. The average molecular weight is 851 g/mol. The molecule has 67 heavy (non-hydrogen) atoms. The van der Waals surface area contributed by atoms with Gasteiger partial charge in [0.15, 0.2) is 0 Å². The SMILES string of the molecule is c1ccc(-c2cccc3cccc(-c4ccc(N(c5ccc6c(c5)C5(c7ccccc7-c7ccccc75)c5ccccc5-6)c5ccccc5-n5c6ccccc6c6ccccc65)cc4)c23)cc1. The van der Waals surface area contributed by atoms with Gasteiger partial charge in [0.25, 0.3) is 0 Å². The molecule has 12 aromatic rings. The van der Waals surface area contributed by atoms with Crippen molar-refractivity contribution in [3.63, 3.8) is 0 Å². The van der Waals surface area contributed by atoms with E-state index in [1.54, 1.807) is 0 Å². The van der Waals surface area contributed by atoms with Gasteiger partial charge < -0.3 is 9.47 Å². The van der Waals surface area contributed by atoms with E-state index in [0.717, 1.165) is 22.7 Å². The maximum Gasteiger partial charge on any atom is 0.0726 e. The number of rotatable bonds is 6. The third kappa shape index (κ3) is 5.39. The smallest absolute Gasteiger partial charge is 0.0726 e. The summed E-state index contributed by atoms with van der Waals surface area (Å²) in [5, 5.41) is 4.97. The molecule has 0 amide bonds. The molecule has 2 nitrogen and oxygen atoms in total. The predicted octanol–water partition coefficient (Wildman–Crippen LogP) is 17.1. The summed E-state index contributed by atoms with van der Waals surface area (Å²) in [4.78, 5) is 2.49. The molecule has 0 bridgehead atoms. The zero-order valence-electron chi connectivity index (χ0n) is 36.6. The van der Waals surface area contributed by atoms with Gasteiger partial charge in [-0.25, -0.2) is 0 Å². The predicted molar refractivity (Wildman–Crippen MR) is 280 cm³/mol. The standard InChI is InChI=1S/C65H42N2/c1-2-18-43(19-3-1)48-27-16-20-45-21-17-28-49(64(45)48)44-36-38-46(39-37-44)66(62-34-14-15-35-63(62)67-60-32-12-7-25-54(60)55-26-8-13-33-61(55)67)47-40-41-53-52-24-6-11-31-58(52)65(59(53)42-47)56-29-9-4-22-50(56)51-23-5-10-30-57(51)65/h1-42H. The van der Waals surface area contributed by atoms with E-state index in [2.05, 4.69) is 264 Å². The van der Waals surface area contributed by atoms with E-state index in [-0.39, 0.29) is 0 Å². The zero-order chi connectivity index (χ0) is 44.1. The summed E-state index contributed by atoms with van der Waals surface area (Å²) in [6.45, 7) is 0. The van der Waals surface area contributed by atoms with Gasteiger partial charge in [0, 0.05) is 22.1 Å². The highest BCUT2D eigenvalue weighted by atomic mass is 15.2. The van der Waals surface area contributed by atoms with Gasteiger partial charge in [-0.3, -0.25) is 0 Å². The van der Waals surface area contributed by atoms with Gasteiger partial charge in [0.05, 0.1) is 27.8 Å². The molecular formula is C65H42N2. The molecule has 0 fully saturated rings. The number of para-hydroxylation sites is 4. The second-order valence-corrected chi connectivity index (χ2v) is 17.9. The van der Waals surface area contributed by atoms with E-state index < -0.39 is 5.41 Å². The lowest BCUT2D eigenvalue weighted by molar-refractivity contribution is 0.793. The fourth-order valence-electron chi connectivity index (χ4n) is 11.9. The lowest BCUT2D eigenvalue weighted by Gasteiger charge is -2.33. The van der Waals surface area contributed by atoms with Crippen molar-refractivity contribution in [3.8, 4) is 50.2 Å². The first-order chi connectivity index (χ1) is 33.3. The highest BCUT2D eigenvalue weighted by molar-refractivity contribution is 6.10. The molecule has 2 aliphatic carbocycles. The normalized spacial score (nSPS) is 12.9. The average Bonchev–Trinajstić information content (AvgIpc) is 4.01. The summed E-state index contributed by atoms with van der Waals surface area (Å²) < 4.78 is 2.46. The van der Waals surface area contributed by atoms with Crippen LogP contribution in [0.5, 0.6) is 0 Å². The third-order valence-electron chi connectivity index (χ3n) is 14.6. The Morgan fingerprint density at radius 1 is 0.313 bits per heavy atom. The Morgan fingerprint density at radius 3 is 1.39 bits per heavy atom. The number of hydrogen-bond acceptors (Lipinski definition) is 1. The topological polar surface area (TPSA) is 8.17 Å². The van der Waals surface area contributed by atoms with E-state index >= 15 is 0 Å². The van der Waals surface area contributed by atoms with Gasteiger partial charge >= 0.3 is 0 Å². The van der Waals surface area contributed by atoms with Crippen LogP contribution in [-0.2, 0) is 5.41 Å². The lowest BCUT2D eigenvalue weighted by atomic mass is 9.70. The molecule has 0 saturated heterocycles. The van der Waals surface area contributed by atoms with Crippen molar-refractivity contribution in [2.75, 3.05) is 4.90 Å². The van der Waals surface area contributed by atoms with Crippen LogP contribution in [-0.4, -0.2) is 4.57 Å². The quantitative estimate of drug-likeness (QED) is 0.162. The van der Waals surface area contributed by atoms with Crippen molar-refractivity contribution >= 4 is 49.6 Å². The van der Waals surface area contributed by atoms with Gasteiger partial charge in [-0.05, 0) is 126 Å². The number of anilines is 3. The van der Waals surface area contributed by atoms with Crippen molar-refractivity contribution in [1.29, 1.82) is 0 Å². The van der Waals surface area contributed by atoms with E-state index in [1.165, 1.54) is 99.3 Å². The molecule has 0 radical (unpaired) electrons. The Bertz CT molecular complexity index is 3810. The van der Waals surface area contributed by atoms with Crippen LogP contribution in [0.1, 0.15) is 22.3 Å². The lowest BCUT2D eigenvalue weighted by Crippen LogP contribution is -2.26. The summed E-state index contributed by atoms with van der Waals surface area (Å²) >= 11 is 0. The molecule has 0 unspecified atom stereocenters. The Hall–Kier alpha value is -8.72. The molecule has 312 valence electrons. The van der Waals surface area contributed by atoms with Crippen LogP contribution >= 0.6 is 0 Å². The molecular weight excluding hydrogens is 809 g/mol. The van der Waals surface area contributed by atoms with Crippen LogP contribution in [0.25, 0.3) is 82.8 Å². The van der Waals surface area contributed by atoms with E-state index in [4.69, 9.17) is 0 Å². The van der Waals surface area contributed by atoms with Gasteiger partial charge in [0.2, 0.25) is 0 Å². The summed E-state index contributed by atoms with van der Waals surface area (Å²) in [5.74, 6) is 0. The first-order valence-electron chi connectivity index (χ1n) is 23.3. The van der Waals surface area contributed by atoms with Gasteiger partial charge in [-0.15, -0.1) is 0 Å². The fourth-order valence-corrected chi connectivity index (χ4v) is 11.9. The molecule has 1 heterocycles. The molecule has 1 spiro atoms. The minimum atomic E-state index is -0.470. The van der Waals surface area contributed by atoms with Gasteiger partial charge in [-0.2, -0.15) is 0 Å². The molecule has 0 aliphatic heterocycles. The maximum absolute atomic E-state index is 2.50. The van der Waals surface area contributed by atoms with Crippen molar-refractivity contribution in [2.24, 2.45) is 0 Å². The summed E-state index contributed by atoms with van der Waals surface area (Å²) in [6, 6.07) is 94.4. The minimum absolute atomic E-state index is 0.470. The minimum Gasteiger partial charge on any atom is -0.308 e. The number of hydrogen-bond donors (Lipinski definition) is 0. The molecule has 0 atom stereocenters. The largest absolute Gasteiger partial charge is 0.308 e. The van der Waals surface area contributed by atoms with E-state index in [0.29, 0.717) is 0 Å². The number of aromatic nitrogens is 1. The Labute approximate surface area is 389 Å². The van der Waals surface area contributed by atoms with Crippen LogP contribution in [0, 0.1) is 0 Å². The second kappa shape index (κ2) is 14.7. The van der Waals surface area contributed by atoms with Crippen molar-refractivity contribution in [2.45, 2.75) is 5.41 Å². The van der Waals surface area contributed by atoms with E-state index in [1.807, 2.05) is 0 Å². The molecule has 2 heteroatoms. The van der Waals surface area contributed by atoms with Gasteiger partial charge in [0.1, 0.15) is 0 Å². The third-order valence-corrected chi connectivity index (χ3v) is 14.6. The summed E-state index contributed by atoms with van der Waals surface area (Å²) in [5.41, 5.74) is 21.6. The Morgan fingerprint density at radius 2 is 0.776 bits per heavy atom. The maximum atomic E-state index is 2.50. The molecule has 0 saturated carbocycles. The first-order valence-corrected chi connectivity index (χ1v) is 23.3. The van der Waals surface area contributed by atoms with Crippen molar-refractivity contribution in [3.05, 3.63) is 277 Å². The van der Waals surface area contributed by atoms with Crippen LogP contribution in [0.3, 0.4) is 0 Å². The molecule has 11 aromatic carbocycles. The number of fused-ring (bicyclic) bond motifs is 14. The Balaban J connectivity index is 1.02.